The summed E-state index contributed by atoms with van der Waals surface area (Å²) in [6.45, 7) is 0.351. The van der Waals surface area contributed by atoms with E-state index in [0.717, 1.165) is 0 Å². The van der Waals surface area contributed by atoms with Gasteiger partial charge in [-0.15, -0.1) is 0 Å². The normalized spacial score (nSPS) is 30.1. The van der Waals surface area contributed by atoms with Crippen LogP contribution in [0.25, 0.3) is 0 Å². The van der Waals surface area contributed by atoms with Gasteiger partial charge in [-0.3, -0.25) is 0 Å². The predicted octanol–water partition coefficient (Wildman–Crippen LogP) is 1.93. The molecule has 1 aliphatic rings. The molecular weight excluding hydrogens is 185 g/mol. The van der Waals surface area contributed by atoms with Crippen molar-refractivity contribution in [3.63, 3.8) is 0 Å². The molecule has 1 saturated heterocycles. The van der Waals surface area contributed by atoms with E-state index in [2.05, 4.69) is 0 Å². The molecule has 13 heavy (non-hydrogen) atoms. The highest BCUT2D eigenvalue weighted by Gasteiger charge is 2.43. The molecule has 0 N–H and O–H groups in total. The van der Waals surface area contributed by atoms with Crippen molar-refractivity contribution in [1.29, 1.82) is 0 Å². The summed E-state index contributed by atoms with van der Waals surface area (Å²) in [5.74, 6) is 0. The first-order valence-electron chi connectivity index (χ1n) is 4.08. The number of rotatable bonds is 2. The van der Waals surface area contributed by atoms with Crippen molar-refractivity contribution in [2.45, 2.75) is 25.4 Å². The van der Waals surface area contributed by atoms with Crippen LogP contribution in [0.3, 0.4) is 0 Å². The fourth-order valence-corrected chi connectivity index (χ4v) is 1.55. The quantitative estimate of drug-likeness (QED) is 0.631. The number of carbonyl (C=O) groups excluding carboxylic acids is 1. The molecule has 76 valence electrons. The fraction of sp³-hybridized carbons (Fsp3) is 0.875. The van der Waals surface area contributed by atoms with Gasteiger partial charge < -0.3 is 9.53 Å². The lowest BCUT2D eigenvalue weighted by molar-refractivity contribution is -0.175. The molecule has 0 spiro atoms. The van der Waals surface area contributed by atoms with Crippen molar-refractivity contribution >= 4 is 6.29 Å². The molecule has 0 aromatic heterocycles. The average molecular weight is 196 g/mol. The van der Waals surface area contributed by atoms with Crippen LogP contribution in [0.2, 0.25) is 0 Å². The lowest BCUT2D eigenvalue weighted by atomic mass is 9.81. The van der Waals surface area contributed by atoms with E-state index in [1.54, 1.807) is 0 Å². The van der Waals surface area contributed by atoms with Gasteiger partial charge >= 0.3 is 6.18 Å². The zero-order valence-corrected chi connectivity index (χ0v) is 7.06. The Balaban J connectivity index is 2.63. The third-order valence-electron chi connectivity index (χ3n) is 2.16. The maximum atomic E-state index is 12.1. The fourth-order valence-electron chi connectivity index (χ4n) is 1.55. The van der Waals surface area contributed by atoms with Gasteiger partial charge in [0.15, 0.2) is 0 Å². The first kappa shape index (κ1) is 10.5. The molecule has 2 nitrogen and oxygen atoms in total. The zero-order valence-electron chi connectivity index (χ0n) is 7.06. The van der Waals surface area contributed by atoms with Crippen molar-refractivity contribution in [3.8, 4) is 0 Å². The third-order valence-corrected chi connectivity index (χ3v) is 2.16. The van der Waals surface area contributed by atoms with E-state index >= 15 is 0 Å². The van der Waals surface area contributed by atoms with Crippen molar-refractivity contribution < 1.29 is 22.7 Å². The summed E-state index contributed by atoms with van der Waals surface area (Å²) in [7, 11) is 0. The van der Waals surface area contributed by atoms with Gasteiger partial charge in [0.25, 0.3) is 0 Å². The number of aldehydes is 1. The number of hydrogen-bond acceptors (Lipinski definition) is 2. The standard InChI is InChI=1S/C8H11F3O2/c9-8(10,11)4-7(5-12)2-1-3-13-6-7/h5H,1-4,6H2. The molecule has 0 saturated carbocycles. The van der Waals surface area contributed by atoms with Crippen LogP contribution >= 0.6 is 0 Å². The monoisotopic (exact) mass is 196 g/mol. The largest absolute Gasteiger partial charge is 0.390 e. The van der Waals surface area contributed by atoms with Gasteiger partial charge in [0.1, 0.15) is 6.29 Å². The van der Waals surface area contributed by atoms with Gasteiger partial charge in [-0.1, -0.05) is 0 Å². The number of ether oxygens (including phenoxy) is 1. The van der Waals surface area contributed by atoms with E-state index in [1.807, 2.05) is 0 Å². The SMILES string of the molecule is O=CC1(CC(F)(F)F)CCCOC1. The minimum absolute atomic E-state index is 0.101. The van der Waals surface area contributed by atoms with Crippen LogP contribution < -0.4 is 0 Å². The smallest absolute Gasteiger partial charge is 0.380 e. The summed E-state index contributed by atoms with van der Waals surface area (Å²) in [6.07, 6.45) is -4.17. The second-order valence-electron chi connectivity index (χ2n) is 3.43. The Morgan fingerprint density at radius 3 is 2.54 bits per heavy atom. The van der Waals surface area contributed by atoms with Gasteiger partial charge in [-0.2, -0.15) is 13.2 Å². The van der Waals surface area contributed by atoms with Crippen LogP contribution in [0.4, 0.5) is 13.2 Å². The summed E-state index contributed by atoms with van der Waals surface area (Å²) in [5, 5.41) is 0. The first-order valence-corrected chi connectivity index (χ1v) is 4.08. The molecule has 0 amide bonds. The van der Waals surface area contributed by atoms with Crippen LogP contribution in [0.1, 0.15) is 19.3 Å². The minimum atomic E-state index is -4.29. The molecule has 5 heteroatoms. The van der Waals surface area contributed by atoms with E-state index in [0.29, 0.717) is 19.3 Å². The van der Waals surface area contributed by atoms with E-state index in [9.17, 15) is 18.0 Å². The van der Waals surface area contributed by atoms with Crippen LogP contribution in [-0.2, 0) is 9.53 Å². The topological polar surface area (TPSA) is 26.3 Å². The Hall–Kier alpha value is -0.580. The van der Waals surface area contributed by atoms with E-state index in [-0.39, 0.29) is 13.0 Å². The Kier molecular flexibility index (Phi) is 2.95. The van der Waals surface area contributed by atoms with Crippen molar-refractivity contribution in [2.75, 3.05) is 13.2 Å². The first-order chi connectivity index (χ1) is 5.97. The van der Waals surface area contributed by atoms with Crippen LogP contribution in [-0.4, -0.2) is 25.7 Å². The molecule has 1 atom stereocenters. The zero-order chi connectivity index (χ0) is 9.95. The second kappa shape index (κ2) is 3.65. The lowest BCUT2D eigenvalue weighted by Gasteiger charge is -2.32. The highest BCUT2D eigenvalue weighted by Crippen LogP contribution is 2.37. The molecule has 0 aromatic carbocycles. The second-order valence-corrected chi connectivity index (χ2v) is 3.43. The van der Waals surface area contributed by atoms with Crippen molar-refractivity contribution in [1.82, 2.24) is 0 Å². The molecule has 0 aliphatic carbocycles. The van der Waals surface area contributed by atoms with Gasteiger partial charge in [0, 0.05) is 6.61 Å². The van der Waals surface area contributed by atoms with E-state index < -0.39 is 18.0 Å². The Morgan fingerprint density at radius 2 is 2.15 bits per heavy atom. The molecule has 0 aromatic rings. The average Bonchev–Trinajstić information content (AvgIpc) is 2.03. The molecule has 0 radical (unpaired) electrons. The number of halogens is 3. The van der Waals surface area contributed by atoms with Gasteiger partial charge in [-0.25, -0.2) is 0 Å². The Morgan fingerprint density at radius 1 is 1.46 bits per heavy atom. The minimum Gasteiger partial charge on any atom is -0.380 e. The van der Waals surface area contributed by atoms with Crippen molar-refractivity contribution in [3.05, 3.63) is 0 Å². The molecule has 1 fully saturated rings. The lowest BCUT2D eigenvalue weighted by Crippen LogP contribution is -2.37. The summed E-state index contributed by atoms with van der Waals surface area (Å²) < 4.78 is 41.1. The van der Waals surface area contributed by atoms with E-state index in [4.69, 9.17) is 4.74 Å². The van der Waals surface area contributed by atoms with Crippen LogP contribution in [0.15, 0.2) is 0 Å². The van der Waals surface area contributed by atoms with Gasteiger partial charge in [0.2, 0.25) is 0 Å². The van der Waals surface area contributed by atoms with Gasteiger partial charge in [0.05, 0.1) is 18.4 Å². The summed E-state index contributed by atoms with van der Waals surface area (Å²) >= 11 is 0. The number of alkyl halides is 3. The highest BCUT2D eigenvalue weighted by atomic mass is 19.4. The molecule has 1 rings (SSSR count). The number of hydrogen-bond donors (Lipinski definition) is 0. The molecule has 1 unspecified atom stereocenters. The maximum absolute atomic E-state index is 12.1. The van der Waals surface area contributed by atoms with E-state index in [1.165, 1.54) is 0 Å². The molecular formula is C8H11F3O2. The van der Waals surface area contributed by atoms with Crippen LogP contribution in [0, 0.1) is 5.41 Å². The van der Waals surface area contributed by atoms with Gasteiger partial charge in [-0.05, 0) is 12.8 Å². The van der Waals surface area contributed by atoms with Crippen LogP contribution in [0.5, 0.6) is 0 Å². The Bertz CT molecular complexity index is 182. The predicted molar refractivity (Wildman–Crippen MR) is 39.2 cm³/mol. The summed E-state index contributed by atoms with van der Waals surface area (Å²) in [4.78, 5) is 10.6. The Labute approximate surface area is 74.1 Å². The summed E-state index contributed by atoms with van der Waals surface area (Å²) in [6, 6.07) is 0. The summed E-state index contributed by atoms with van der Waals surface area (Å²) in [5.41, 5.74) is -1.32. The molecule has 0 bridgehead atoms. The molecule has 1 aliphatic heterocycles. The maximum Gasteiger partial charge on any atom is 0.390 e. The number of carbonyl (C=O) groups is 1. The highest BCUT2D eigenvalue weighted by molar-refractivity contribution is 5.59. The molecule has 1 heterocycles. The van der Waals surface area contributed by atoms with Crippen molar-refractivity contribution in [2.24, 2.45) is 5.41 Å². The third kappa shape index (κ3) is 2.99.